The highest BCUT2D eigenvalue weighted by Crippen LogP contribution is 2.20. The molecular formula is C18H22N2O4. The number of carbonyl (C=O) groups excluding carboxylic acids is 2. The third-order valence-electron chi connectivity index (χ3n) is 3.24. The van der Waals surface area contributed by atoms with Gasteiger partial charge in [0.25, 0.3) is 0 Å². The van der Waals surface area contributed by atoms with Gasteiger partial charge in [-0.05, 0) is 50.2 Å². The molecule has 0 aliphatic heterocycles. The first kappa shape index (κ1) is 17.6. The number of nitrogens with zero attached hydrogens (tertiary/aromatic N) is 1. The number of hydrogen-bond donors (Lipinski definition) is 1. The number of carbonyl (C=O) groups is 2. The van der Waals surface area contributed by atoms with Gasteiger partial charge in [-0.2, -0.15) is 0 Å². The SMILES string of the molecule is CC(=O)N(CC(=O)NCc1ccco1)c1ccc(OC(C)C)cc1. The molecule has 0 saturated carbocycles. The van der Waals surface area contributed by atoms with E-state index in [1.807, 2.05) is 13.8 Å². The van der Waals surface area contributed by atoms with Crippen LogP contribution >= 0.6 is 0 Å². The van der Waals surface area contributed by atoms with Crippen LogP contribution in [0.1, 0.15) is 26.5 Å². The third-order valence-corrected chi connectivity index (χ3v) is 3.24. The van der Waals surface area contributed by atoms with Crippen LogP contribution in [-0.2, 0) is 16.1 Å². The van der Waals surface area contributed by atoms with Crippen LogP contribution in [0.2, 0.25) is 0 Å². The van der Waals surface area contributed by atoms with Crippen molar-refractivity contribution in [3.63, 3.8) is 0 Å². The molecule has 0 atom stereocenters. The monoisotopic (exact) mass is 330 g/mol. The Balaban J connectivity index is 1.98. The third kappa shape index (κ3) is 5.15. The molecule has 128 valence electrons. The predicted molar refractivity (Wildman–Crippen MR) is 90.8 cm³/mol. The van der Waals surface area contributed by atoms with Crippen LogP contribution in [-0.4, -0.2) is 24.5 Å². The van der Waals surface area contributed by atoms with Crippen molar-refractivity contribution in [2.45, 2.75) is 33.4 Å². The summed E-state index contributed by atoms with van der Waals surface area (Å²) in [6, 6.07) is 10.6. The number of nitrogens with one attached hydrogen (secondary N) is 1. The zero-order valence-electron chi connectivity index (χ0n) is 14.1. The number of amides is 2. The summed E-state index contributed by atoms with van der Waals surface area (Å²) in [5, 5.41) is 2.73. The highest BCUT2D eigenvalue weighted by molar-refractivity contribution is 5.97. The number of ether oxygens (including phenoxy) is 1. The summed E-state index contributed by atoms with van der Waals surface area (Å²) in [7, 11) is 0. The summed E-state index contributed by atoms with van der Waals surface area (Å²) in [4.78, 5) is 25.4. The van der Waals surface area contributed by atoms with Crippen LogP contribution in [0.3, 0.4) is 0 Å². The van der Waals surface area contributed by atoms with Gasteiger partial charge >= 0.3 is 0 Å². The molecule has 0 fully saturated rings. The van der Waals surface area contributed by atoms with E-state index in [9.17, 15) is 9.59 Å². The highest BCUT2D eigenvalue weighted by Gasteiger charge is 2.16. The van der Waals surface area contributed by atoms with E-state index >= 15 is 0 Å². The zero-order chi connectivity index (χ0) is 17.5. The van der Waals surface area contributed by atoms with Crippen LogP contribution in [0.25, 0.3) is 0 Å². The van der Waals surface area contributed by atoms with Gasteiger partial charge in [-0.15, -0.1) is 0 Å². The van der Waals surface area contributed by atoms with Crippen molar-refractivity contribution in [3.05, 3.63) is 48.4 Å². The van der Waals surface area contributed by atoms with Gasteiger partial charge in [-0.25, -0.2) is 0 Å². The van der Waals surface area contributed by atoms with Gasteiger partial charge < -0.3 is 19.4 Å². The molecule has 0 spiro atoms. The Morgan fingerprint density at radius 1 is 1.21 bits per heavy atom. The van der Waals surface area contributed by atoms with Crippen molar-refractivity contribution in [3.8, 4) is 5.75 Å². The van der Waals surface area contributed by atoms with Gasteiger partial charge in [0, 0.05) is 12.6 Å². The Bertz CT molecular complexity index is 663. The maximum atomic E-state index is 12.1. The van der Waals surface area contributed by atoms with Crippen molar-refractivity contribution in [2.75, 3.05) is 11.4 Å². The molecule has 0 aliphatic rings. The molecule has 2 amide bonds. The lowest BCUT2D eigenvalue weighted by Gasteiger charge is -2.21. The minimum absolute atomic E-state index is 0.0551. The molecule has 1 N–H and O–H groups in total. The van der Waals surface area contributed by atoms with E-state index in [0.29, 0.717) is 18.0 Å². The lowest BCUT2D eigenvalue weighted by Crippen LogP contribution is -2.39. The Morgan fingerprint density at radius 2 is 1.92 bits per heavy atom. The van der Waals surface area contributed by atoms with Crippen LogP contribution in [0.4, 0.5) is 5.69 Å². The van der Waals surface area contributed by atoms with Crippen molar-refractivity contribution >= 4 is 17.5 Å². The maximum Gasteiger partial charge on any atom is 0.240 e. The Kier molecular flexibility index (Phi) is 6.01. The Labute approximate surface area is 141 Å². The normalized spacial score (nSPS) is 10.5. The summed E-state index contributed by atoms with van der Waals surface area (Å²) in [6.45, 7) is 5.55. The molecule has 0 radical (unpaired) electrons. The van der Waals surface area contributed by atoms with Gasteiger partial charge in [-0.3, -0.25) is 9.59 Å². The number of benzene rings is 1. The van der Waals surface area contributed by atoms with Crippen LogP contribution < -0.4 is 15.0 Å². The van der Waals surface area contributed by atoms with E-state index in [2.05, 4.69) is 5.32 Å². The summed E-state index contributed by atoms with van der Waals surface area (Å²) < 4.78 is 10.7. The van der Waals surface area contributed by atoms with Crippen molar-refractivity contribution < 1.29 is 18.7 Å². The topological polar surface area (TPSA) is 71.8 Å². The number of hydrogen-bond acceptors (Lipinski definition) is 4. The van der Waals surface area contributed by atoms with E-state index in [4.69, 9.17) is 9.15 Å². The van der Waals surface area contributed by atoms with E-state index in [-0.39, 0.29) is 24.5 Å². The molecule has 0 bridgehead atoms. The lowest BCUT2D eigenvalue weighted by molar-refractivity contribution is -0.123. The summed E-state index contributed by atoms with van der Waals surface area (Å²) >= 11 is 0. The van der Waals surface area contributed by atoms with Gasteiger partial charge in [0.1, 0.15) is 18.1 Å². The van der Waals surface area contributed by atoms with Crippen LogP contribution in [0, 0.1) is 0 Å². The van der Waals surface area contributed by atoms with E-state index in [1.165, 1.54) is 11.8 Å². The van der Waals surface area contributed by atoms with Crippen molar-refractivity contribution in [1.82, 2.24) is 5.32 Å². The fourth-order valence-corrected chi connectivity index (χ4v) is 2.16. The van der Waals surface area contributed by atoms with E-state index < -0.39 is 0 Å². The molecule has 24 heavy (non-hydrogen) atoms. The minimum atomic E-state index is -0.260. The van der Waals surface area contributed by atoms with Crippen molar-refractivity contribution in [2.24, 2.45) is 0 Å². The summed E-state index contributed by atoms with van der Waals surface area (Å²) in [5.41, 5.74) is 0.645. The molecule has 1 aromatic carbocycles. The second-order valence-corrected chi connectivity index (χ2v) is 5.62. The molecule has 6 heteroatoms. The van der Waals surface area contributed by atoms with Crippen LogP contribution in [0.15, 0.2) is 47.1 Å². The van der Waals surface area contributed by atoms with Gasteiger partial charge in [-0.1, -0.05) is 0 Å². The second-order valence-electron chi connectivity index (χ2n) is 5.62. The highest BCUT2D eigenvalue weighted by atomic mass is 16.5. The minimum Gasteiger partial charge on any atom is -0.491 e. The number of anilines is 1. The Morgan fingerprint density at radius 3 is 2.46 bits per heavy atom. The number of furan rings is 1. The standard InChI is InChI=1S/C18H22N2O4/c1-13(2)24-16-8-6-15(7-9-16)20(14(3)21)12-18(22)19-11-17-5-4-10-23-17/h4-10,13H,11-12H2,1-3H3,(H,19,22). The lowest BCUT2D eigenvalue weighted by atomic mass is 10.2. The van der Waals surface area contributed by atoms with Gasteiger partial charge in [0.2, 0.25) is 11.8 Å². The van der Waals surface area contributed by atoms with E-state index in [1.54, 1.807) is 42.7 Å². The zero-order valence-corrected chi connectivity index (χ0v) is 14.1. The van der Waals surface area contributed by atoms with Crippen molar-refractivity contribution in [1.29, 1.82) is 0 Å². The molecule has 0 saturated heterocycles. The predicted octanol–water partition coefficient (Wildman–Crippen LogP) is 2.74. The number of rotatable bonds is 7. The second kappa shape index (κ2) is 8.19. The first-order valence-corrected chi connectivity index (χ1v) is 7.79. The summed E-state index contributed by atoms with van der Waals surface area (Å²) in [5.74, 6) is 0.914. The molecule has 0 aliphatic carbocycles. The molecule has 6 nitrogen and oxygen atoms in total. The van der Waals surface area contributed by atoms with E-state index in [0.717, 1.165) is 5.75 Å². The summed E-state index contributed by atoms with van der Waals surface area (Å²) in [6.07, 6.45) is 1.62. The first-order valence-electron chi connectivity index (χ1n) is 7.79. The molecular weight excluding hydrogens is 308 g/mol. The molecule has 0 unspecified atom stereocenters. The smallest absolute Gasteiger partial charge is 0.240 e. The maximum absolute atomic E-state index is 12.1. The Hall–Kier alpha value is -2.76. The fraction of sp³-hybridized carbons (Fsp3) is 0.333. The fourth-order valence-electron chi connectivity index (χ4n) is 2.16. The quantitative estimate of drug-likeness (QED) is 0.847. The van der Waals surface area contributed by atoms with Gasteiger partial charge in [0.05, 0.1) is 18.9 Å². The molecule has 2 aromatic rings. The van der Waals surface area contributed by atoms with Gasteiger partial charge in [0.15, 0.2) is 0 Å². The average molecular weight is 330 g/mol. The molecule has 1 aromatic heterocycles. The molecule has 2 rings (SSSR count). The average Bonchev–Trinajstić information content (AvgIpc) is 3.04. The van der Waals surface area contributed by atoms with Crippen LogP contribution in [0.5, 0.6) is 5.75 Å². The first-order chi connectivity index (χ1) is 11.5. The largest absolute Gasteiger partial charge is 0.491 e. The molecule has 1 heterocycles.